The predicted molar refractivity (Wildman–Crippen MR) is 94.1 cm³/mol. The van der Waals surface area contributed by atoms with Gasteiger partial charge in [-0.15, -0.1) is 24.8 Å². The summed E-state index contributed by atoms with van der Waals surface area (Å²) in [5, 5.41) is 13.9. The van der Waals surface area contributed by atoms with E-state index in [1.54, 1.807) is 0 Å². The minimum absolute atomic E-state index is 0. The van der Waals surface area contributed by atoms with E-state index in [0.29, 0.717) is 11.8 Å². The topological polar surface area (TPSA) is 35.5 Å². The number of para-hydroxylation sites is 1. The van der Waals surface area contributed by atoms with Crippen molar-refractivity contribution in [1.82, 2.24) is 10.2 Å². The van der Waals surface area contributed by atoms with Gasteiger partial charge >= 0.3 is 0 Å². The highest BCUT2D eigenvalue weighted by Crippen LogP contribution is 2.34. The molecule has 0 spiro atoms. The van der Waals surface area contributed by atoms with E-state index in [-0.39, 0.29) is 24.8 Å². The van der Waals surface area contributed by atoms with Crippen molar-refractivity contribution in [3.63, 3.8) is 0 Å². The highest BCUT2D eigenvalue weighted by Gasteiger charge is 2.24. The fourth-order valence-corrected chi connectivity index (χ4v) is 2.97. The van der Waals surface area contributed by atoms with Crippen molar-refractivity contribution in [2.24, 2.45) is 0 Å². The Labute approximate surface area is 140 Å². The zero-order valence-corrected chi connectivity index (χ0v) is 14.6. The summed E-state index contributed by atoms with van der Waals surface area (Å²) < 4.78 is 0. The number of nitrogens with one attached hydrogen (secondary N) is 1. The predicted octanol–water partition coefficient (Wildman–Crippen LogP) is 3.54. The van der Waals surface area contributed by atoms with Gasteiger partial charge in [0.15, 0.2) is 0 Å². The molecule has 1 heterocycles. The Hall–Kier alpha value is -0.480. The molecule has 0 aromatic heterocycles. The van der Waals surface area contributed by atoms with Crippen LogP contribution in [0.15, 0.2) is 18.2 Å². The summed E-state index contributed by atoms with van der Waals surface area (Å²) in [4.78, 5) is 2.51. The number of rotatable bonds is 5. The number of aryl methyl sites for hydroxylation is 1. The molecule has 1 aromatic rings. The van der Waals surface area contributed by atoms with Gasteiger partial charge in [0.05, 0.1) is 0 Å². The Morgan fingerprint density at radius 3 is 2.43 bits per heavy atom. The van der Waals surface area contributed by atoms with Gasteiger partial charge in [0.2, 0.25) is 0 Å². The first-order valence-electron chi connectivity index (χ1n) is 7.53. The second-order valence-electron chi connectivity index (χ2n) is 5.30. The second kappa shape index (κ2) is 10.3. The lowest BCUT2D eigenvalue weighted by Crippen LogP contribution is -2.45. The average molecular weight is 335 g/mol. The van der Waals surface area contributed by atoms with Crippen LogP contribution in [0.25, 0.3) is 0 Å². The molecule has 5 heteroatoms. The Morgan fingerprint density at radius 1 is 1.19 bits per heavy atom. The first-order chi connectivity index (χ1) is 9.27. The molecule has 0 aliphatic carbocycles. The fraction of sp³-hybridized carbons (Fsp3) is 0.625. The van der Waals surface area contributed by atoms with Gasteiger partial charge in [-0.25, -0.2) is 0 Å². The maximum atomic E-state index is 10.5. The molecule has 2 rings (SSSR count). The summed E-state index contributed by atoms with van der Waals surface area (Å²) >= 11 is 0. The SMILES string of the molecule is CCC[C@@H](c1cccc(CC)c1O)N1CCNCC1.Cl.Cl. The van der Waals surface area contributed by atoms with E-state index in [4.69, 9.17) is 0 Å². The molecule has 122 valence electrons. The quantitative estimate of drug-likeness (QED) is 0.864. The van der Waals surface area contributed by atoms with Gasteiger partial charge in [-0.05, 0) is 18.4 Å². The lowest BCUT2D eigenvalue weighted by atomic mass is 9.96. The van der Waals surface area contributed by atoms with Crippen LogP contribution in [0.3, 0.4) is 0 Å². The number of hydrogen-bond donors (Lipinski definition) is 2. The highest BCUT2D eigenvalue weighted by atomic mass is 35.5. The molecule has 0 unspecified atom stereocenters. The molecule has 0 saturated carbocycles. The molecule has 21 heavy (non-hydrogen) atoms. The minimum atomic E-state index is 0. The maximum absolute atomic E-state index is 10.5. The Balaban J connectivity index is 0.00000200. The molecule has 1 fully saturated rings. The van der Waals surface area contributed by atoms with Crippen LogP contribution in [-0.2, 0) is 6.42 Å². The van der Waals surface area contributed by atoms with E-state index in [1.165, 1.54) is 0 Å². The van der Waals surface area contributed by atoms with Crippen molar-refractivity contribution in [2.45, 2.75) is 39.2 Å². The van der Waals surface area contributed by atoms with Crippen LogP contribution in [0.5, 0.6) is 5.75 Å². The number of benzene rings is 1. The van der Waals surface area contributed by atoms with Gasteiger partial charge in [-0.3, -0.25) is 4.90 Å². The molecular weight excluding hydrogens is 307 g/mol. The van der Waals surface area contributed by atoms with Gasteiger partial charge < -0.3 is 10.4 Å². The molecule has 0 radical (unpaired) electrons. The number of phenolic OH excluding ortho intramolecular Hbond substituents is 1. The van der Waals surface area contributed by atoms with E-state index in [0.717, 1.165) is 56.6 Å². The largest absolute Gasteiger partial charge is 0.507 e. The maximum Gasteiger partial charge on any atom is 0.123 e. The van der Waals surface area contributed by atoms with Crippen LogP contribution in [0.1, 0.15) is 43.9 Å². The third kappa shape index (κ3) is 5.03. The van der Waals surface area contributed by atoms with Gasteiger partial charge in [-0.1, -0.05) is 38.5 Å². The number of halogens is 2. The van der Waals surface area contributed by atoms with E-state index < -0.39 is 0 Å². The van der Waals surface area contributed by atoms with E-state index in [2.05, 4.69) is 36.2 Å². The van der Waals surface area contributed by atoms with Crippen molar-refractivity contribution in [3.8, 4) is 5.75 Å². The number of piperazine rings is 1. The fourth-order valence-electron chi connectivity index (χ4n) is 2.97. The summed E-state index contributed by atoms with van der Waals surface area (Å²) in [5.74, 6) is 0.516. The zero-order valence-electron chi connectivity index (χ0n) is 13.0. The van der Waals surface area contributed by atoms with Crippen LogP contribution < -0.4 is 5.32 Å². The summed E-state index contributed by atoms with van der Waals surface area (Å²) in [6, 6.07) is 6.56. The van der Waals surface area contributed by atoms with Crippen molar-refractivity contribution in [2.75, 3.05) is 26.2 Å². The lowest BCUT2D eigenvalue weighted by Gasteiger charge is -2.35. The summed E-state index contributed by atoms with van der Waals surface area (Å²) in [6.45, 7) is 8.55. The Morgan fingerprint density at radius 2 is 1.86 bits per heavy atom. The number of hydrogen-bond acceptors (Lipinski definition) is 3. The van der Waals surface area contributed by atoms with Crippen LogP contribution in [-0.4, -0.2) is 36.2 Å². The van der Waals surface area contributed by atoms with Gasteiger partial charge in [-0.2, -0.15) is 0 Å². The molecule has 0 bridgehead atoms. The van der Waals surface area contributed by atoms with Crippen LogP contribution in [0.4, 0.5) is 0 Å². The third-order valence-corrected chi connectivity index (χ3v) is 4.05. The molecule has 1 saturated heterocycles. The van der Waals surface area contributed by atoms with Crippen LogP contribution in [0, 0.1) is 0 Å². The summed E-state index contributed by atoms with van der Waals surface area (Å²) in [6.07, 6.45) is 3.14. The lowest BCUT2D eigenvalue weighted by molar-refractivity contribution is 0.162. The van der Waals surface area contributed by atoms with Gasteiger partial charge in [0.1, 0.15) is 5.75 Å². The van der Waals surface area contributed by atoms with Crippen molar-refractivity contribution >= 4 is 24.8 Å². The normalized spacial score (nSPS) is 16.7. The molecule has 1 atom stereocenters. The molecule has 0 amide bonds. The third-order valence-electron chi connectivity index (χ3n) is 4.05. The molecule has 1 aliphatic heterocycles. The first kappa shape index (κ1) is 20.5. The van der Waals surface area contributed by atoms with Gasteiger partial charge in [0, 0.05) is 37.8 Å². The summed E-state index contributed by atoms with van der Waals surface area (Å²) in [5.41, 5.74) is 2.18. The number of nitrogens with zero attached hydrogens (tertiary/aromatic N) is 1. The van der Waals surface area contributed by atoms with E-state index in [9.17, 15) is 5.11 Å². The van der Waals surface area contributed by atoms with E-state index in [1.807, 2.05) is 6.07 Å². The molecule has 3 nitrogen and oxygen atoms in total. The zero-order chi connectivity index (χ0) is 13.7. The van der Waals surface area contributed by atoms with Gasteiger partial charge in [0.25, 0.3) is 0 Å². The number of phenols is 1. The van der Waals surface area contributed by atoms with Crippen LogP contribution in [0.2, 0.25) is 0 Å². The Bertz CT molecular complexity index is 409. The average Bonchev–Trinajstić information content (AvgIpc) is 2.46. The standard InChI is InChI=1S/C16H26N2O.2ClH/c1-3-6-15(18-11-9-17-10-12-18)14-8-5-7-13(4-2)16(14)19;;/h5,7-8,15,17,19H,3-4,6,9-12H2,1-2H3;2*1H/t15-;;/m0../s1. The number of aromatic hydroxyl groups is 1. The smallest absolute Gasteiger partial charge is 0.123 e. The van der Waals surface area contributed by atoms with Crippen molar-refractivity contribution in [1.29, 1.82) is 0 Å². The Kier molecular flexibility index (Phi) is 10.0. The molecule has 1 aromatic carbocycles. The highest BCUT2D eigenvalue weighted by molar-refractivity contribution is 5.85. The second-order valence-corrected chi connectivity index (χ2v) is 5.30. The molecule has 1 aliphatic rings. The van der Waals surface area contributed by atoms with E-state index >= 15 is 0 Å². The first-order valence-corrected chi connectivity index (χ1v) is 7.53. The monoisotopic (exact) mass is 334 g/mol. The molecule has 2 N–H and O–H groups in total. The minimum Gasteiger partial charge on any atom is -0.507 e. The van der Waals surface area contributed by atoms with Crippen LogP contribution >= 0.6 is 24.8 Å². The summed E-state index contributed by atoms with van der Waals surface area (Å²) in [7, 11) is 0. The van der Waals surface area contributed by atoms with Crippen molar-refractivity contribution < 1.29 is 5.11 Å². The van der Waals surface area contributed by atoms with Crippen molar-refractivity contribution in [3.05, 3.63) is 29.3 Å². The molecular formula is C16H28Cl2N2O.